The molecule has 1 aromatic heterocycles. The van der Waals surface area contributed by atoms with Gasteiger partial charge < -0.3 is 9.53 Å². The fraction of sp³-hybridized carbons (Fsp3) is 0.333. The van der Waals surface area contributed by atoms with Crippen LogP contribution in [0.3, 0.4) is 0 Å². The van der Waals surface area contributed by atoms with Crippen LogP contribution in [0.4, 0.5) is 0 Å². The Morgan fingerprint density at radius 1 is 1.57 bits per heavy atom. The molecule has 0 fully saturated rings. The second-order valence-electron chi connectivity index (χ2n) is 2.59. The van der Waals surface area contributed by atoms with Gasteiger partial charge in [0.25, 0.3) is 0 Å². The summed E-state index contributed by atoms with van der Waals surface area (Å²) in [6, 6.07) is 3.55. The first-order chi connectivity index (χ1) is 6.72. The van der Waals surface area contributed by atoms with E-state index in [9.17, 15) is 9.59 Å². The summed E-state index contributed by atoms with van der Waals surface area (Å²) < 4.78 is 5.94. The molecule has 0 aromatic carbocycles. The Kier molecular flexibility index (Phi) is 4.82. The van der Waals surface area contributed by atoms with E-state index in [2.05, 4.69) is 15.9 Å². The first-order valence-electron chi connectivity index (χ1n) is 4.12. The number of rotatable bonds is 5. The van der Waals surface area contributed by atoms with Gasteiger partial charge >= 0.3 is 5.97 Å². The maximum Gasteiger partial charge on any atom is 0.311 e. The second-order valence-corrected chi connectivity index (χ2v) is 5.02. The van der Waals surface area contributed by atoms with Crippen molar-refractivity contribution in [3.8, 4) is 5.06 Å². The van der Waals surface area contributed by atoms with Gasteiger partial charge in [0.15, 0.2) is 5.06 Å². The summed E-state index contributed by atoms with van der Waals surface area (Å²) >= 11 is 4.63. The Labute approximate surface area is 94.2 Å². The SMILES string of the molecule is O=CCCCC(=O)Oc1ccc(Br)s1. The Bertz CT molecular complexity index is 322. The van der Waals surface area contributed by atoms with Gasteiger partial charge in [-0.25, -0.2) is 0 Å². The number of esters is 1. The highest BCUT2D eigenvalue weighted by Crippen LogP contribution is 2.28. The number of aldehydes is 1. The smallest absolute Gasteiger partial charge is 0.311 e. The van der Waals surface area contributed by atoms with Gasteiger partial charge in [-0.2, -0.15) is 0 Å². The van der Waals surface area contributed by atoms with Gasteiger partial charge in [-0.3, -0.25) is 4.79 Å². The van der Waals surface area contributed by atoms with Gasteiger partial charge in [0.1, 0.15) is 6.29 Å². The first-order valence-corrected chi connectivity index (χ1v) is 5.73. The molecule has 0 amide bonds. The zero-order valence-electron chi connectivity index (χ0n) is 7.36. The Morgan fingerprint density at radius 3 is 2.93 bits per heavy atom. The molecule has 0 bridgehead atoms. The lowest BCUT2D eigenvalue weighted by atomic mass is 10.2. The van der Waals surface area contributed by atoms with Gasteiger partial charge in [-0.15, -0.1) is 0 Å². The molecule has 1 rings (SSSR count). The fourth-order valence-electron chi connectivity index (χ4n) is 0.846. The monoisotopic (exact) mass is 276 g/mol. The molecule has 0 radical (unpaired) electrons. The first kappa shape index (κ1) is 11.4. The van der Waals surface area contributed by atoms with Crippen molar-refractivity contribution in [2.45, 2.75) is 19.3 Å². The highest BCUT2D eigenvalue weighted by molar-refractivity contribution is 9.11. The number of hydrogen-bond donors (Lipinski definition) is 0. The molecule has 1 aromatic rings. The van der Waals surface area contributed by atoms with E-state index < -0.39 is 0 Å². The lowest BCUT2D eigenvalue weighted by Gasteiger charge is -1.98. The van der Waals surface area contributed by atoms with Crippen LogP contribution in [0, 0.1) is 0 Å². The number of thiophene rings is 1. The van der Waals surface area contributed by atoms with Crippen molar-refractivity contribution in [1.29, 1.82) is 0 Å². The summed E-state index contributed by atoms with van der Waals surface area (Å²) in [5.74, 6) is -0.291. The van der Waals surface area contributed by atoms with Gasteiger partial charge in [0.05, 0.1) is 3.79 Å². The molecule has 1 heterocycles. The van der Waals surface area contributed by atoms with E-state index in [4.69, 9.17) is 4.74 Å². The molecule has 0 atom stereocenters. The van der Waals surface area contributed by atoms with Crippen molar-refractivity contribution >= 4 is 39.5 Å². The van der Waals surface area contributed by atoms with Crippen LogP contribution < -0.4 is 4.74 Å². The number of halogens is 1. The molecule has 0 saturated heterocycles. The Balaban J connectivity index is 2.30. The van der Waals surface area contributed by atoms with Gasteiger partial charge in [0.2, 0.25) is 0 Å². The van der Waals surface area contributed by atoms with Gasteiger partial charge in [-0.1, -0.05) is 11.3 Å². The quantitative estimate of drug-likeness (QED) is 0.472. The molecule has 0 unspecified atom stereocenters. The Morgan fingerprint density at radius 2 is 2.36 bits per heavy atom. The highest BCUT2D eigenvalue weighted by Gasteiger charge is 2.06. The van der Waals surface area contributed by atoms with Crippen LogP contribution in [0.15, 0.2) is 15.9 Å². The number of unbranched alkanes of at least 4 members (excludes halogenated alkanes) is 1. The summed E-state index contributed by atoms with van der Waals surface area (Å²) in [5, 5.41) is 0.577. The maximum atomic E-state index is 11.1. The third-order valence-corrected chi connectivity index (χ3v) is 2.97. The minimum Gasteiger partial charge on any atom is -0.415 e. The van der Waals surface area contributed by atoms with Crippen LogP contribution >= 0.6 is 27.3 Å². The van der Waals surface area contributed by atoms with Crippen molar-refractivity contribution in [2.75, 3.05) is 0 Å². The minimum atomic E-state index is -0.291. The molecule has 5 heteroatoms. The zero-order valence-corrected chi connectivity index (χ0v) is 9.77. The molecule has 0 aliphatic rings. The normalized spacial score (nSPS) is 9.79. The summed E-state index contributed by atoms with van der Waals surface area (Å²) in [6.45, 7) is 0. The number of carbonyl (C=O) groups is 2. The topological polar surface area (TPSA) is 43.4 Å². The standard InChI is InChI=1S/C9H9BrO3S/c10-7-4-5-9(14-7)13-8(12)3-1-2-6-11/h4-6H,1-3H2. The molecular formula is C9H9BrO3S. The summed E-state index contributed by atoms with van der Waals surface area (Å²) in [7, 11) is 0. The lowest BCUT2D eigenvalue weighted by Crippen LogP contribution is -2.06. The highest BCUT2D eigenvalue weighted by atomic mass is 79.9. The predicted octanol–water partition coefficient (Wildman–Crippen LogP) is 2.79. The molecule has 0 saturated carbocycles. The summed E-state index contributed by atoms with van der Waals surface area (Å²) in [6.07, 6.45) is 2.04. The fourth-order valence-corrected chi connectivity index (χ4v) is 2.06. The molecule has 3 nitrogen and oxygen atoms in total. The molecule has 0 aliphatic carbocycles. The van der Waals surface area contributed by atoms with Crippen LogP contribution in [0.5, 0.6) is 5.06 Å². The van der Waals surface area contributed by atoms with Crippen molar-refractivity contribution < 1.29 is 14.3 Å². The maximum absolute atomic E-state index is 11.1. The van der Waals surface area contributed by atoms with E-state index in [1.807, 2.05) is 6.07 Å². The van der Waals surface area contributed by atoms with Crippen LogP contribution in [-0.2, 0) is 9.59 Å². The van der Waals surface area contributed by atoms with Crippen molar-refractivity contribution in [2.24, 2.45) is 0 Å². The van der Waals surface area contributed by atoms with Crippen LogP contribution in [0.1, 0.15) is 19.3 Å². The van der Waals surface area contributed by atoms with Crippen LogP contribution in [-0.4, -0.2) is 12.3 Å². The van der Waals surface area contributed by atoms with E-state index in [1.165, 1.54) is 11.3 Å². The summed E-state index contributed by atoms with van der Waals surface area (Å²) in [5.41, 5.74) is 0. The number of carbonyl (C=O) groups excluding carboxylic acids is 2. The molecule has 76 valence electrons. The molecule has 0 spiro atoms. The van der Waals surface area contributed by atoms with Crippen LogP contribution in [0.25, 0.3) is 0 Å². The second kappa shape index (κ2) is 5.93. The average Bonchev–Trinajstić information content (AvgIpc) is 2.52. The predicted molar refractivity (Wildman–Crippen MR) is 57.6 cm³/mol. The van der Waals surface area contributed by atoms with E-state index in [0.717, 1.165) is 10.1 Å². The number of ether oxygens (including phenoxy) is 1. The van der Waals surface area contributed by atoms with E-state index in [0.29, 0.717) is 17.9 Å². The van der Waals surface area contributed by atoms with E-state index in [1.54, 1.807) is 6.07 Å². The molecule has 14 heavy (non-hydrogen) atoms. The van der Waals surface area contributed by atoms with E-state index in [-0.39, 0.29) is 12.4 Å². The molecular weight excluding hydrogens is 268 g/mol. The largest absolute Gasteiger partial charge is 0.415 e. The number of hydrogen-bond acceptors (Lipinski definition) is 4. The minimum absolute atomic E-state index is 0.286. The third kappa shape index (κ3) is 4.02. The van der Waals surface area contributed by atoms with Crippen molar-refractivity contribution in [3.05, 3.63) is 15.9 Å². The van der Waals surface area contributed by atoms with Crippen LogP contribution in [0.2, 0.25) is 0 Å². The average molecular weight is 277 g/mol. The van der Waals surface area contributed by atoms with Crippen molar-refractivity contribution in [3.63, 3.8) is 0 Å². The third-order valence-electron chi connectivity index (χ3n) is 1.47. The van der Waals surface area contributed by atoms with Crippen molar-refractivity contribution in [1.82, 2.24) is 0 Å². The zero-order chi connectivity index (χ0) is 10.4. The lowest BCUT2D eigenvalue weighted by molar-refractivity contribution is -0.134. The van der Waals surface area contributed by atoms with E-state index >= 15 is 0 Å². The Hall–Kier alpha value is -0.680. The van der Waals surface area contributed by atoms with Gasteiger partial charge in [-0.05, 0) is 34.5 Å². The molecule has 0 aliphatic heterocycles. The summed E-state index contributed by atoms with van der Waals surface area (Å²) in [4.78, 5) is 21.1. The van der Waals surface area contributed by atoms with Gasteiger partial charge in [0, 0.05) is 12.8 Å². The molecule has 0 N–H and O–H groups in total.